The van der Waals surface area contributed by atoms with E-state index in [4.69, 9.17) is 5.73 Å². The minimum atomic E-state index is -0.657. The van der Waals surface area contributed by atoms with E-state index in [2.05, 4.69) is 0 Å². The zero-order valence-corrected chi connectivity index (χ0v) is 11.3. The van der Waals surface area contributed by atoms with E-state index in [0.717, 1.165) is 40.5 Å². The molecule has 0 aliphatic rings. The summed E-state index contributed by atoms with van der Waals surface area (Å²) < 4.78 is 27.0. The van der Waals surface area contributed by atoms with Gasteiger partial charge in [0.2, 0.25) is 0 Å². The number of benzene rings is 2. The highest BCUT2D eigenvalue weighted by molar-refractivity contribution is 5.42. The van der Waals surface area contributed by atoms with Crippen LogP contribution >= 0.6 is 0 Å². The van der Waals surface area contributed by atoms with Crippen LogP contribution in [0.1, 0.15) is 33.9 Å². The highest BCUT2D eigenvalue weighted by Gasteiger charge is 2.17. The van der Waals surface area contributed by atoms with Crippen molar-refractivity contribution in [2.75, 3.05) is 0 Å². The lowest BCUT2D eigenvalue weighted by molar-refractivity contribution is 0.576. The fourth-order valence-corrected chi connectivity index (χ4v) is 2.24. The normalized spacial score (nSPS) is 12.5. The smallest absolute Gasteiger partial charge is 0.128 e. The van der Waals surface area contributed by atoms with Crippen LogP contribution in [0.25, 0.3) is 0 Å². The maximum Gasteiger partial charge on any atom is 0.128 e. The molecule has 0 aliphatic carbocycles. The number of hydrogen-bond acceptors (Lipinski definition) is 1. The highest BCUT2D eigenvalue weighted by Crippen LogP contribution is 2.27. The summed E-state index contributed by atoms with van der Waals surface area (Å²) in [6.45, 7) is 5.92. The van der Waals surface area contributed by atoms with Crippen molar-refractivity contribution >= 4 is 0 Å². The second kappa shape index (κ2) is 5.10. The van der Waals surface area contributed by atoms with Gasteiger partial charge in [0.25, 0.3) is 0 Å². The molecule has 0 saturated carbocycles. The number of hydrogen-bond donors (Lipinski definition) is 1. The Labute approximate surface area is 112 Å². The standard InChI is InChI=1S/C16H17F2N/c1-9-6-11(3)13(7-10(9)2)16(19)14-8-12(17)4-5-15(14)18/h4-8,16H,19H2,1-3H3. The summed E-state index contributed by atoms with van der Waals surface area (Å²) in [5.74, 6) is -0.958. The Kier molecular flexibility index (Phi) is 3.67. The van der Waals surface area contributed by atoms with Crippen molar-refractivity contribution in [1.82, 2.24) is 0 Å². The van der Waals surface area contributed by atoms with Crippen LogP contribution in [0, 0.1) is 32.4 Å². The number of halogens is 2. The van der Waals surface area contributed by atoms with Gasteiger partial charge in [-0.1, -0.05) is 12.1 Å². The molecule has 1 nitrogen and oxygen atoms in total. The average molecular weight is 261 g/mol. The maximum absolute atomic E-state index is 13.8. The molecule has 2 aromatic rings. The average Bonchev–Trinajstić information content (AvgIpc) is 2.36. The Morgan fingerprint density at radius 2 is 1.47 bits per heavy atom. The molecule has 0 bridgehead atoms. The van der Waals surface area contributed by atoms with Crippen LogP contribution in [0.2, 0.25) is 0 Å². The van der Waals surface area contributed by atoms with E-state index in [1.165, 1.54) is 0 Å². The number of aryl methyl sites for hydroxylation is 3. The Hall–Kier alpha value is -1.74. The fourth-order valence-electron chi connectivity index (χ4n) is 2.24. The third-order valence-corrected chi connectivity index (χ3v) is 3.51. The van der Waals surface area contributed by atoms with Gasteiger partial charge < -0.3 is 5.73 Å². The van der Waals surface area contributed by atoms with Gasteiger partial charge in [0, 0.05) is 5.56 Å². The van der Waals surface area contributed by atoms with E-state index in [9.17, 15) is 8.78 Å². The molecule has 2 N–H and O–H groups in total. The van der Waals surface area contributed by atoms with Crippen LogP contribution in [0.5, 0.6) is 0 Å². The van der Waals surface area contributed by atoms with Crippen molar-refractivity contribution in [2.24, 2.45) is 5.73 Å². The molecule has 0 fully saturated rings. The van der Waals surface area contributed by atoms with Crippen LogP contribution in [0.3, 0.4) is 0 Å². The summed E-state index contributed by atoms with van der Waals surface area (Å²) in [6.07, 6.45) is 0. The van der Waals surface area contributed by atoms with Crippen LogP contribution in [0.4, 0.5) is 8.78 Å². The summed E-state index contributed by atoms with van der Waals surface area (Å²) >= 11 is 0. The van der Waals surface area contributed by atoms with Crippen LogP contribution in [-0.2, 0) is 0 Å². The minimum absolute atomic E-state index is 0.186. The third kappa shape index (κ3) is 2.66. The van der Waals surface area contributed by atoms with Crippen molar-refractivity contribution in [3.05, 3.63) is 69.8 Å². The topological polar surface area (TPSA) is 26.0 Å². The first-order chi connectivity index (χ1) is 8.90. The molecule has 19 heavy (non-hydrogen) atoms. The molecule has 3 heteroatoms. The lowest BCUT2D eigenvalue weighted by Crippen LogP contribution is -2.15. The van der Waals surface area contributed by atoms with Gasteiger partial charge in [0.15, 0.2) is 0 Å². The monoisotopic (exact) mass is 261 g/mol. The Morgan fingerprint density at radius 3 is 2.16 bits per heavy atom. The second-order valence-corrected chi connectivity index (χ2v) is 4.94. The van der Waals surface area contributed by atoms with Gasteiger partial charge in [0.05, 0.1) is 6.04 Å². The van der Waals surface area contributed by atoms with Gasteiger partial charge in [-0.25, -0.2) is 8.78 Å². The van der Waals surface area contributed by atoms with Gasteiger partial charge in [0.1, 0.15) is 11.6 Å². The molecule has 0 heterocycles. The molecule has 2 aromatic carbocycles. The summed E-state index contributed by atoms with van der Waals surface area (Å²) in [4.78, 5) is 0. The van der Waals surface area contributed by atoms with E-state index in [0.29, 0.717) is 0 Å². The molecule has 0 radical (unpaired) electrons. The molecule has 100 valence electrons. The first-order valence-electron chi connectivity index (χ1n) is 6.18. The first kappa shape index (κ1) is 13.7. The van der Waals surface area contributed by atoms with Crippen molar-refractivity contribution in [3.63, 3.8) is 0 Å². The van der Waals surface area contributed by atoms with E-state index in [1.54, 1.807) is 0 Å². The van der Waals surface area contributed by atoms with E-state index in [-0.39, 0.29) is 5.56 Å². The molecule has 1 atom stereocenters. The quantitative estimate of drug-likeness (QED) is 0.870. The molecule has 0 saturated heterocycles. The zero-order chi connectivity index (χ0) is 14.2. The largest absolute Gasteiger partial charge is 0.320 e. The lowest BCUT2D eigenvalue weighted by atomic mass is 9.92. The van der Waals surface area contributed by atoms with E-state index >= 15 is 0 Å². The van der Waals surface area contributed by atoms with Crippen LogP contribution in [0.15, 0.2) is 30.3 Å². The van der Waals surface area contributed by atoms with Gasteiger partial charge in [-0.15, -0.1) is 0 Å². The van der Waals surface area contributed by atoms with E-state index < -0.39 is 17.7 Å². The fraction of sp³-hybridized carbons (Fsp3) is 0.250. The highest BCUT2D eigenvalue weighted by atomic mass is 19.1. The molecule has 0 aromatic heterocycles. The number of rotatable bonds is 2. The Bertz CT molecular complexity index is 620. The van der Waals surface area contributed by atoms with Gasteiger partial charge in [-0.3, -0.25) is 0 Å². The third-order valence-electron chi connectivity index (χ3n) is 3.51. The minimum Gasteiger partial charge on any atom is -0.320 e. The van der Waals surface area contributed by atoms with Gasteiger partial charge >= 0.3 is 0 Å². The molecule has 0 aliphatic heterocycles. The summed E-state index contributed by atoms with van der Waals surface area (Å²) in [7, 11) is 0. The summed E-state index contributed by atoms with van der Waals surface area (Å²) in [6, 6.07) is 6.67. The lowest BCUT2D eigenvalue weighted by Gasteiger charge is -2.18. The maximum atomic E-state index is 13.8. The number of nitrogens with two attached hydrogens (primary N) is 1. The molecule has 0 spiro atoms. The molecule has 2 rings (SSSR count). The van der Waals surface area contributed by atoms with Crippen LogP contribution in [-0.4, -0.2) is 0 Å². The van der Waals surface area contributed by atoms with Gasteiger partial charge in [-0.05, 0) is 61.2 Å². The van der Waals surface area contributed by atoms with Crippen molar-refractivity contribution in [2.45, 2.75) is 26.8 Å². The zero-order valence-electron chi connectivity index (χ0n) is 11.3. The summed E-state index contributed by atoms with van der Waals surface area (Å²) in [5, 5.41) is 0. The molecule has 1 unspecified atom stereocenters. The molecular weight excluding hydrogens is 244 g/mol. The van der Waals surface area contributed by atoms with Crippen molar-refractivity contribution in [3.8, 4) is 0 Å². The molecular formula is C16H17F2N. The first-order valence-corrected chi connectivity index (χ1v) is 6.18. The predicted molar refractivity (Wildman–Crippen MR) is 73.0 cm³/mol. The van der Waals surface area contributed by atoms with Gasteiger partial charge in [-0.2, -0.15) is 0 Å². The van der Waals surface area contributed by atoms with E-state index in [1.807, 2.05) is 32.9 Å². The van der Waals surface area contributed by atoms with Crippen molar-refractivity contribution < 1.29 is 8.78 Å². The molecule has 0 amide bonds. The second-order valence-electron chi connectivity index (χ2n) is 4.94. The van der Waals surface area contributed by atoms with Crippen molar-refractivity contribution in [1.29, 1.82) is 0 Å². The van der Waals surface area contributed by atoms with Crippen LogP contribution < -0.4 is 5.73 Å². The Morgan fingerprint density at radius 1 is 0.842 bits per heavy atom. The Balaban J connectivity index is 2.52. The summed E-state index contributed by atoms with van der Waals surface area (Å²) in [5.41, 5.74) is 10.3. The predicted octanol–water partition coefficient (Wildman–Crippen LogP) is 3.94. The SMILES string of the molecule is Cc1cc(C)c(C(N)c2cc(F)ccc2F)cc1C.